The van der Waals surface area contributed by atoms with Gasteiger partial charge in [0, 0.05) is 18.7 Å². The molecule has 0 atom stereocenters. The molecule has 0 aliphatic rings. The van der Waals surface area contributed by atoms with Crippen molar-refractivity contribution in [1.82, 2.24) is 0 Å². The minimum absolute atomic E-state index is 0.109. The monoisotopic (exact) mass is 368 g/mol. The molecule has 0 aromatic heterocycles. The Kier molecular flexibility index (Phi) is 11.8. The summed E-state index contributed by atoms with van der Waals surface area (Å²) in [6, 6.07) is 7.75. The largest absolute Gasteiger partial charge is 0.466 e. The van der Waals surface area contributed by atoms with Crippen molar-refractivity contribution < 1.29 is 19.1 Å². The van der Waals surface area contributed by atoms with E-state index >= 15 is 0 Å². The van der Waals surface area contributed by atoms with Crippen LogP contribution in [0.15, 0.2) is 24.3 Å². The van der Waals surface area contributed by atoms with Gasteiger partial charge in [-0.15, -0.1) is 11.6 Å². The lowest BCUT2D eigenvalue weighted by molar-refractivity contribution is -0.145. The van der Waals surface area contributed by atoms with Crippen LogP contribution in [-0.2, 0) is 31.5 Å². The fraction of sp³-hybridized carbons (Fsp3) is 0.600. The summed E-state index contributed by atoms with van der Waals surface area (Å²) in [6.07, 6.45) is 6.90. The number of rotatable bonds is 13. The average molecular weight is 369 g/mol. The highest BCUT2D eigenvalue weighted by molar-refractivity contribution is 6.17. The second kappa shape index (κ2) is 13.7. The normalized spacial score (nSPS) is 10.5. The first kappa shape index (κ1) is 21.5. The number of alkyl halides is 1. The molecular formula is C20H29ClO4. The minimum atomic E-state index is -0.149. The van der Waals surface area contributed by atoms with Crippen molar-refractivity contribution in [2.75, 3.05) is 6.61 Å². The van der Waals surface area contributed by atoms with Crippen LogP contribution in [0.25, 0.3) is 0 Å². The van der Waals surface area contributed by atoms with Crippen LogP contribution < -0.4 is 0 Å². The summed E-state index contributed by atoms with van der Waals surface area (Å²) < 4.78 is 10.2. The molecule has 0 aliphatic heterocycles. The Morgan fingerprint density at radius 1 is 0.800 bits per heavy atom. The molecule has 0 spiro atoms. The highest BCUT2D eigenvalue weighted by atomic mass is 35.5. The number of carbonyl (C=O) groups is 2. The second-order valence-corrected chi connectivity index (χ2v) is 6.30. The fourth-order valence-corrected chi connectivity index (χ4v) is 2.62. The molecule has 0 amide bonds. The Morgan fingerprint density at radius 3 is 1.80 bits per heavy atom. The van der Waals surface area contributed by atoms with Crippen LogP contribution in [-0.4, -0.2) is 18.5 Å². The van der Waals surface area contributed by atoms with Gasteiger partial charge >= 0.3 is 11.9 Å². The summed E-state index contributed by atoms with van der Waals surface area (Å²) in [4.78, 5) is 22.9. The van der Waals surface area contributed by atoms with Gasteiger partial charge in [0.15, 0.2) is 0 Å². The molecule has 140 valence electrons. The Balaban J connectivity index is 1.97. The number of halogens is 1. The van der Waals surface area contributed by atoms with E-state index in [2.05, 4.69) is 0 Å². The molecule has 0 radical (unpaired) electrons. The van der Waals surface area contributed by atoms with Crippen molar-refractivity contribution in [2.24, 2.45) is 0 Å². The molecule has 0 fully saturated rings. The van der Waals surface area contributed by atoms with Gasteiger partial charge in [-0.25, -0.2) is 0 Å². The SMILES string of the molecule is CCOC(=O)CCCCCCCCC(=O)OCc1ccc(CCl)cc1. The highest BCUT2D eigenvalue weighted by Gasteiger charge is 2.04. The van der Waals surface area contributed by atoms with Gasteiger partial charge in [0.2, 0.25) is 0 Å². The van der Waals surface area contributed by atoms with Crippen LogP contribution in [0.3, 0.4) is 0 Å². The highest BCUT2D eigenvalue weighted by Crippen LogP contribution is 2.11. The summed E-state index contributed by atoms with van der Waals surface area (Å²) in [7, 11) is 0. The van der Waals surface area contributed by atoms with Crippen LogP contribution in [0.4, 0.5) is 0 Å². The summed E-state index contributed by atoms with van der Waals surface area (Å²) in [5.74, 6) is 0.231. The Hall–Kier alpha value is -1.55. The number of hydrogen-bond acceptors (Lipinski definition) is 4. The van der Waals surface area contributed by atoms with Crippen molar-refractivity contribution in [3.8, 4) is 0 Å². The van der Waals surface area contributed by atoms with E-state index < -0.39 is 0 Å². The molecule has 0 unspecified atom stereocenters. The zero-order chi connectivity index (χ0) is 18.3. The van der Waals surface area contributed by atoms with E-state index in [1.54, 1.807) is 0 Å². The summed E-state index contributed by atoms with van der Waals surface area (Å²) >= 11 is 5.74. The molecule has 0 heterocycles. The third kappa shape index (κ3) is 10.8. The molecular weight excluding hydrogens is 340 g/mol. The predicted molar refractivity (Wildman–Crippen MR) is 99.4 cm³/mol. The van der Waals surface area contributed by atoms with Gasteiger partial charge in [-0.2, -0.15) is 0 Å². The zero-order valence-electron chi connectivity index (χ0n) is 15.1. The van der Waals surface area contributed by atoms with Crippen LogP contribution in [0, 0.1) is 0 Å². The van der Waals surface area contributed by atoms with E-state index in [4.69, 9.17) is 21.1 Å². The number of benzene rings is 1. The number of unbranched alkanes of at least 4 members (excludes halogenated alkanes) is 5. The molecule has 1 aromatic rings. The maximum Gasteiger partial charge on any atom is 0.306 e. The van der Waals surface area contributed by atoms with E-state index in [9.17, 15) is 9.59 Å². The van der Waals surface area contributed by atoms with Crippen LogP contribution in [0.5, 0.6) is 0 Å². The number of esters is 2. The maximum absolute atomic E-state index is 11.7. The minimum Gasteiger partial charge on any atom is -0.466 e. The first-order valence-corrected chi connectivity index (χ1v) is 9.64. The zero-order valence-corrected chi connectivity index (χ0v) is 15.9. The average Bonchev–Trinajstić information content (AvgIpc) is 2.62. The van der Waals surface area contributed by atoms with Crippen molar-refractivity contribution in [3.63, 3.8) is 0 Å². The lowest BCUT2D eigenvalue weighted by atomic mass is 10.1. The van der Waals surface area contributed by atoms with Crippen LogP contribution in [0.2, 0.25) is 0 Å². The van der Waals surface area contributed by atoms with Crippen molar-refractivity contribution >= 4 is 23.5 Å². The lowest BCUT2D eigenvalue weighted by Gasteiger charge is -2.06. The molecule has 4 nitrogen and oxygen atoms in total. The molecule has 5 heteroatoms. The molecule has 0 N–H and O–H groups in total. The van der Waals surface area contributed by atoms with Crippen LogP contribution in [0.1, 0.15) is 69.4 Å². The van der Waals surface area contributed by atoms with E-state index in [0.29, 0.717) is 31.9 Å². The van der Waals surface area contributed by atoms with Gasteiger partial charge in [0.1, 0.15) is 6.61 Å². The first-order chi connectivity index (χ1) is 12.2. The van der Waals surface area contributed by atoms with E-state index in [0.717, 1.165) is 49.7 Å². The number of ether oxygens (including phenoxy) is 2. The van der Waals surface area contributed by atoms with Gasteiger partial charge in [-0.05, 0) is 30.9 Å². The maximum atomic E-state index is 11.7. The molecule has 0 saturated carbocycles. The smallest absolute Gasteiger partial charge is 0.306 e. The standard InChI is InChI=1S/C20H29ClO4/c1-2-24-19(22)9-7-5-3-4-6-8-10-20(23)25-16-18-13-11-17(15-21)12-14-18/h11-14H,2-10,15-16H2,1H3. The van der Waals surface area contributed by atoms with Crippen LogP contribution >= 0.6 is 11.6 Å². The molecule has 25 heavy (non-hydrogen) atoms. The Bertz CT molecular complexity index is 499. The van der Waals surface area contributed by atoms with Gasteiger partial charge in [-0.3, -0.25) is 9.59 Å². The number of carbonyl (C=O) groups excluding carboxylic acids is 2. The van der Waals surface area contributed by atoms with Gasteiger partial charge < -0.3 is 9.47 Å². The molecule has 1 aromatic carbocycles. The van der Waals surface area contributed by atoms with Crippen molar-refractivity contribution in [3.05, 3.63) is 35.4 Å². The molecule has 0 aliphatic carbocycles. The predicted octanol–water partition coefficient (Wildman–Crippen LogP) is 5.15. The van der Waals surface area contributed by atoms with Crippen molar-refractivity contribution in [1.29, 1.82) is 0 Å². The van der Waals surface area contributed by atoms with Gasteiger partial charge in [0.05, 0.1) is 6.61 Å². The van der Waals surface area contributed by atoms with Gasteiger partial charge in [0.25, 0.3) is 0 Å². The summed E-state index contributed by atoms with van der Waals surface area (Å²) in [5.41, 5.74) is 2.03. The van der Waals surface area contributed by atoms with E-state index in [-0.39, 0.29) is 11.9 Å². The number of hydrogen-bond donors (Lipinski definition) is 0. The summed E-state index contributed by atoms with van der Waals surface area (Å²) in [6.45, 7) is 2.59. The molecule has 0 saturated heterocycles. The van der Waals surface area contributed by atoms with Crippen molar-refractivity contribution in [2.45, 2.75) is 70.8 Å². The van der Waals surface area contributed by atoms with Gasteiger partial charge in [-0.1, -0.05) is 49.9 Å². The van der Waals surface area contributed by atoms with E-state index in [1.165, 1.54) is 0 Å². The Labute approximate surface area is 155 Å². The third-order valence-electron chi connectivity index (χ3n) is 3.89. The quantitative estimate of drug-likeness (QED) is 0.274. The molecule has 0 bridgehead atoms. The second-order valence-electron chi connectivity index (χ2n) is 6.04. The molecule has 1 rings (SSSR count). The first-order valence-electron chi connectivity index (χ1n) is 9.10. The van der Waals surface area contributed by atoms with E-state index in [1.807, 2.05) is 31.2 Å². The summed E-state index contributed by atoms with van der Waals surface area (Å²) in [5, 5.41) is 0. The Morgan fingerprint density at radius 2 is 1.28 bits per heavy atom. The third-order valence-corrected chi connectivity index (χ3v) is 4.20. The lowest BCUT2D eigenvalue weighted by Crippen LogP contribution is -2.04. The fourth-order valence-electron chi connectivity index (χ4n) is 2.44. The topological polar surface area (TPSA) is 52.6 Å².